The molecule has 7 nitrogen and oxygen atoms in total. The Balaban J connectivity index is 1.70. The van der Waals surface area contributed by atoms with Gasteiger partial charge in [-0.3, -0.25) is 14.9 Å². The average molecular weight is 495 g/mol. The van der Waals surface area contributed by atoms with Crippen molar-refractivity contribution in [2.24, 2.45) is 0 Å². The van der Waals surface area contributed by atoms with E-state index in [1.807, 2.05) is 25.1 Å². The first-order valence-corrected chi connectivity index (χ1v) is 11.0. The van der Waals surface area contributed by atoms with Crippen LogP contribution in [0.15, 0.2) is 71.4 Å². The fraction of sp³-hybridized carbons (Fsp3) is 0.115. The van der Waals surface area contributed by atoms with Gasteiger partial charge in [0, 0.05) is 45.4 Å². The fourth-order valence-electron chi connectivity index (χ4n) is 3.67. The summed E-state index contributed by atoms with van der Waals surface area (Å²) in [6.45, 7) is 4.00. The fourth-order valence-corrected chi connectivity index (χ4v) is 3.80. The van der Waals surface area contributed by atoms with E-state index in [-0.39, 0.29) is 5.69 Å². The first kappa shape index (κ1) is 24.0. The number of hydrogen-bond acceptors (Lipinski definition) is 5. The number of nitrogens with one attached hydrogen (secondary N) is 1. The Morgan fingerprint density at radius 1 is 1.20 bits per heavy atom. The summed E-state index contributed by atoms with van der Waals surface area (Å²) >= 11 is 6.01. The van der Waals surface area contributed by atoms with E-state index in [1.165, 1.54) is 12.1 Å². The molecule has 1 aromatic heterocycles. The molecule has 0 spiro atoms. The molecule has 4 rings (SSSR count). The van der Waals surface area contributed by atoms with Crippen molar-refractivity contribution in [1.29, 1.82) is 0 Å². The Kier molecular flexibility index (Phi) is 6.84. The second-order valence-electron chi connectivity index (χ2n) is 7.67. The minimum atomic E-state index is -0.981. The van der Waals surface area contributed by atoms with Gasteiger partial charge in [0.2, 0.25) is 11.7 Å². The molecule has 0 atom stereocenters. The number of rotatable bonds is 7. The number of nitro groups is 1. The summed E-state index contributed by atoms with van der Waals surface area (Å²) in [4.78, 5) is 22.8. The Morgan fingerprint density at radius 2 is 1.94 bits per heavy atom. The summed E-state index contributed by atoms with van der Waals surface area (Å²) in [5.74, 6) is -0.974. The molecule has 4 aromatic rings. The molecule has 0 unspecified atom stereocenters. The van der Waals surface area contributed by atoms with Gasteiger partial charge in [-0.2, -0.15) is 4.39 Å². The van der Waals surface area contributed by atoms with Crippen molar-refractivity contribution in [2.75, 3.05) is 11.9 Å². The van der Waals surface area contributed by atoms with E-state index in [1.54, 1.807) is 31.4 Å². The first-order valence-electron chi connectivity index (χ1n) is 10.6. The minimum absolute atomic E-state index is 0.104. The summed E-state index contributed by atoms with van der Waals surface area (Å²) in [5.41, 5.74) is 3.05. The van der Waals surface area contributed by atoms with Gasteiger partial charge in [0.15, 0.2) is 0 Å². The Bertz CT molecular complexity index is 1460. The van der Waals surface area contributed by atoms with E-state index in [0.717, 1.165) is 28.6 Å². The van der Waals surface area contributed by atoms with Crippen LogP contribution in [0.5, 0.6) is 5.75 Å². The van der Waals surface area contributed by atoms with E-state index < -0.39 is 22.3 Å². The molecule has 9 heteroatoms. The number of carbonyl (C=O) groups excluding carboxylic acids is 1. The summed E-state index contributed by atoms with van der Waals surface area (Å²) in [5, 5.41) is 14.9. The number of hydrogen-bond donors (Lipinski definition) is 1. The van der Waals surface area contributed by atoms with Crippen molar-refractivity contribution in [3.63, 3.8) is 0 Å². The molecule has 3 aromatic carbocycles. The zero-order chi connectivity index (χ0) is 25.1. The zero-order valence-electron chi connectivity index (χ0n) is 18.8. The van der Waals surface area contributed by atoms with Crippen LogP contribution in [0.25, 0.3) is 27.7 Å². The van der Waals surface area contributed by atoms with E-state index >= 15 is 0 Å². The van der Waals surface area contributed by atoms with Crippen LogP contribution in [0.3, 0.4) is 0 Å². The maximum Gasteiger partial charge on any atom is 0.306 e. The number of nitro benzene ring substituents is 1. The van der Waals surface area contributed by atoms with Crippen molar-refractivity contribution in [2.45, 2.75) is 13.8 Å². The second-order valence-corrected chi connectivity index (χ2v) is 8.11. The Morgan fingerprint density at radius 3 is 2.63 bits per heavy atom. The van der Waals surface area contributed by atoms with Crippen molar-refractivity contribution in [3.05, 3.63) is 93.5 Å². The smallest absolute Gasteiger partial charge is 0.306 e. The van der Waals surface area contributed by atoms with Gasteiger partial charge < -0.3 is 14.5 Å². The lowest BCUT2D eigenvalue weighted by Crippen LogP contribution is -2.09. The lowest BCUT2D eigenvalue weighted by Gasteiger charge is -2.12. The van der Waals surface area contributed by atoms with Crippen molar-refractivity contribution >= 4 is 45.4 Å². The summed E-state index contributed by atoms with van der Waals surface area (Å²) < 4.78 is 25.1. The monoisotopic (exact) mass is 494 g/mol. The molecular formula is C26H20ClFN2O5. The lowest BCUT2D eigenvalue weighted by atomic mass is 9.99. The molecule has 1 amide bonds. The Hall–Kier alpha value is -4.17. The number of anilines is 1. The van der Waals surface area contributed by atoms with Crippen LogP contribution in [0, 0.1) is 15.9 Å². The van der Waals surface area contributed by atoms with Crippen molar-refractivity contribution in [1.82, 2.24) is 0 Å². The molecule has 0 saturated carbocycles. The molecule has 0 aliphatic rings. The predicted molar refractivity (Wildman–Crippen MR) is 133 cm³/mol. The summed E-state index contributed by atoms with van der Waals surface area (Å²) in [6.07, 6.45) is 3.00. The highest BCUT2D eigenvalue weighted by Gasteiger charge is 2.17. The van der Waals surface area contributed by atoms with E-state index in [2.05, 4.69) is 5.32 Å². The second kappa shape index (κ2) is 9.99. The van der Waals surface area contributed by atoms with Gasteiger partial charge in [0.1, 0.15) is 11.3 Å². The lowest BCUT2D eigenvalue weighted by molar-refractivity contribution is -0.387. The van der Waals surface area contributed by atoms with Gasteiger partial charge in [-0.1, -0.05) is 23.7 Å². The summed E-state index contributed by atoms with van der Waals surface area (Å²) in [7, 11) is 0. The highest BCUT2D eigenvalue weighted by molar-refractivity contribution is 6.30. The number of benzene rings is 3. The van der Waals surface area contributed by atoms with Crippen LogP contribution >= 0.6 is 11.6 Å². The SMILES string of the molecule is CCOc1cc2occ(-c3ccc(Cl)cc3)c2cc1/C(C)=C/C(=O)Nc1ccc(F)c([N+](=O)[O-])c1. The highest BCUT2D eigenvalue weighted by Crippen LogP contribution is 2.38. The number of ether oxygens (including phenoxy) is 1. The van der Waals surface area contributed by atoms with Crippen LogP contribution in [0.1, 0.15) is 19.4 Å². The number of carbonyl (C=O) groups is 1. The topological polar surface area (TPSA) is 94.6 Å². The quantitative estimate of drug-likeness (QED) is 0.166. The number of fused-ring (bicyclic) bond motifs is 1. The minimum Gasteiger partial charge on any atom is -0.493 e. The maximum atomic E-state index is 13.6. The van der Waals surface area contributed by atoms with Crippen LogP contribution in [0.2, 0.25) is 5.02 Å². The van der Waals surface area contributed by atoms with Gasteiger partial charge in [0.05, 0.1) is 17.8 Å². The maximum absolute atomic E-state index is 13.6. The molecule has 0 bridgehead atoms. The number of amides is 1. The van der Waals surface area contributed by atoms with Gasteiger partial charge in [-0.05, 0) is 55.3 Å². The largest absolute Gasteiger partial charge is 0.493 e. The highest BCUT2D eigenvalue weighted by atomic mass is 35.5. The third kappa shape index (κ3) is 5.17. The predicted octanol–water partition coefficient (Wildman–Crippen LogP) is 7.24. The van der Waals surface area contributed by atoms with Gasteiger partial charge in [-0.25, -0.2) is 0 Å². The molecule has 0 aliphatic heterocycles. The number of halogens is 2. The average Bonchev–Trinajstić information content (AvgIpc) is 3.23. The van der Waals surface area contributed by atoms with Crippen molar-refractivity contribution in [3.8, 4) is 16.9 Å². The van der Waals surface area contributed by atoms with Crippen LogP contribution < -0.4 is 10.1 Å². The van der Waals surface area contributed by atoms with E-state index in [9.17, 15) is 19.3 Å². The molecule has 0 aliphatic carbocycles. The number of allylic oxidation sites excluding steroid dienone is 1. The molecule has 35 heavy (non-hydrogen) atoms. The standard InChI is InChI=1S/C26H20ClFN2O5/c1-3-34-24-13-25-20(21(14-35-25)16-4-6-17(27)7-5-16)12-19(24)15(2)10-26(31)29-18-8-9-22(28)23(11-18)30(32)33/h4-14H,3H2,1-2H3,(H,29,31)/b15-10+. The van der Waals surface area contributed by atoms with E-state index in [0.29, 0.717) is 34.1 Å². The molecular weight excluding hydrogens is 475 g/mol. The van der Waals surface area contributed by atoms with Crippen LogP contribution in [-0.2, 0) is 4.79 Å². The van der Waals surface area contributed by atoms with Crippen molar-refractivity contribution < 1.29 is 23.3 Å². The van der Waals surface area contributed by atoms with Gasteiger partial charge in [-0.15, -0.1) is 0 Å². The third-order valence-corrected chi connectivity index (χ3v) is 5.57. The van der Waals surface area contributed by atoms with Crippen LogP contribution in [-0.4, -0.2) is 17.4 Å². The molecule has 1 heterocycles. The van der Waals surface area contributed by atoms with E-state index in [4.69, 9.17) is 20.8 Å². The van der Waals surface area contributed by atoms with Gasteiger partial charge >= 0.3 is 5.69 Å². The molecule has 0 saturated heterocycles. The molecule has 0 radical (unpaired) electrons. The summed E-state index contributed by atoms with van der Waals surface area (Å²) in [6, 6.07) is 14.2. The normalized spacial score (nSPS) is 11.5. The number of furan rings is 1. The molecule has 0 fully saturated rings. The Labute approximate surface area is 204 Å². The molecule has 178 valence electrons. The van der Waals surface area contributed by atoms with Gasteiger partial charge in [0.25, 0.3) is 0 Å². The third-order valence-electron chi connectivity index (χ3n) is 5.31. The molecule has 1 N–H and O–H groups in total. The first-order chi connectivity index (χ1) is 16.8. The number of nitrogens with zero attached hydrogens (tertiary/aromatic N) is 1. The zero-order valence-corrected chi connectivity index (χ0v) is 19.6. The van der Waals surface area contributed by atoms with Crippen LogP contribution in [0.4, 0.5) is 15.8 Å².